The third-order valence-corrected chi connectivity index (χ3v) is 6.07. The van der Waals surface area contributed by atoms with E-state index in [1.807, 2.05) is 24.3 Å². The first kappa shape index (κ1) is 44.4. The molecule has 4 rings (SSSR count). The van der Waals surface area contributed by atoms with E-state index in [0.717, 1.165) is 48.6 Å². The monoisotopic (exact) mass is 790 g/mol. The predicted octanol–water partition coefficient (Wildman–Crippen LogP) is 8.13. The van der Waals surface area contributed by atoms with Crippen molar-refractivity contribution >= 4 is 46.7 Å². The number of aromatic carboxylic acids is 2. The van der Waals surface area contributed by atoms with E-state index < -0.39 is 11.9 Å². The molecule has 0 aliphatic heterocycles. The van der Waals surface area contributed by atoms with Gasteiger partial charge in [0.15, 0.2) is 0 Å². The molecule has 0 saturated heterocycles. The summed E-state index contributed by atoms with van der Waals surface area (Å²) in [5.74, 6) is -0.497. The standard InChI is InChI=1S/C20H28N2O2.C12H8N2O4.2CNS.Ru/c1-5-7-15(3)23-17-9-11-21-19(13-17)20-14-18(10-12-22-20)24-16(4)8-6-2;15-11(16)7-1-3-13-9(5-7)10-6-8(12(17)18)2-4-14-10;2*2-1-3;/h9-16H,5-8H2,1-4H3;1-6H,(H,15,16)(H,17,18);;;/q;;2*-1;+2. The number of hydrogen-bond donors (Lipinski definition) is 2. The molecule has 0 amide bonds. The molecule has 0 saturated carbocycles. The van der Waals surface area contributed by atoms with Gasteiger partial charge in [0.25, 0.3) is 0 Å². The fourth-order valence-electron chi connectivity index (χ4n) is 4.05. The third-order valence-electron chi connectivity index (χ3n) is 6.07. The number of isothiocyanates is 2. The number of ether oxygens (including phenoxy) is 2. The Morgan fingerprint density at radius 1 is 0.673 bits per heavy atom. The van der Waals surface area contributed by atoms with E-state index in [2.05, 4.69) is 72.1 Å². The molecule has 15 heteroatoms. The largest absolute Gasteiger partial charge is 2.00 e. The molecule has 0 aliphatic carbocycles. The zero-order valence-electron chi connectivity index (χ0n) is 27.3. The Morgan fingerprint density at radius 2 is 0.959 bits per heavy atom. The van der Waals surface area contributed by atoms with Crippen LogP contribution < -0.4 is 9.47 Å². The molecule has 49 heavy (non-hydrogen) atoms. The molecule has 0 spiro atoms. The van der Waals surface area contributed by atoms with E-state index >= 15 is 0 Å². The van der Waals surface area contributed by atoms with Gasteiger partial charge in [-0.15, -0.1) is 0 Å². The van der Waals surface area contributed by atoms with Crippen LogP contribution in [0.3, 0.4) is 0 Å². The van der Waals surface area contributed by atoms with Gasteiger partial charge in [0.05, 0.1) is 46.1 Å². The Kier molecular flexibility index (Phi) is 23.0. The van der Waals surface area contributed by atoms with Gasteiger partial charge in [-0.1, -0.05) is 51.1 Å². The molecule has 2 unspecified atom stereocenters. The minimum atomic E-state index is -1.08. The van der Waals surface area contributed by atoms with Gasteiger partial charge in [0.2, 0.25) is 0 Å². The number of hydrogen-bond acceptors (Lipinski definition) is 10. The van der Waals surface area contributed by atoms with E-state index in [1.54, 1.807) is 12.4 Å². The predicted molar refractivity (Wildman–Crippen MR) is 191 cm³/mol. The topological polar surface area (TPSA) is 189 Å². The van der Waals surface area contributed by atoms with Crippen LogP contribution in [-0.4, -0.2) is 64.6 Å². The number of aromatic nitrogens is 4. The molecule has 0 aromatic carbocycles. The van der Waals surface area contributed by atoms with Gasteiger partial charge in [-0.25, -0.2) is 9.59 Å². The van der Waals surface area contributed by atoms with E-state index in [4.69, 9.17) is 30.5 Å². The molecular weight excluding hydrogens is 754 g/mol. The molecule has 4 aromatic heterocycles. The van der Waals surface area contributed by atoms with Crippen molar-refractivity contribution in [3.8, 4) is 34.3 Å². The molecule has 2 N–H and O–H groups in total. The average molecular weight is 790 g/mol. The number of carboxylic acid groups (broad SMARTS) is 2. The van der Waals surface area contributed by atoms with Crippen LogP contribution in [-0.2, 0) is 19.5 Å². The number of nitrogens with zero attached hydrogens (tertiary/aromatic N) is 6. The Hall–Kier alpha value is -4.64. The zero-order chi connectivity index (χ0) is 35.9. The number of thiocarbonyl (C=S) groups is 2. The van der Waals surface area contributed by atoms with Crippen LogP contribution in [0.15, 0.2) is 73.3 Å². The summed E-state index contributed by atoms with van der Waals surface area (Å²) in [6, 6.07) is 13.0. The summed E-state index contributed by atoms with van der Waals surface area (Å²) >= 11 is 7.40. The van der Waals surface area contributed by atoms with Crippen LogP contribution in [0.4, 0.5) is 0 Å². The second-order valence-corrected chi connectivity index (χ2v) is 10.2. The minimum Gasteiger partial charge on any atom is -0.753 e. The summed E-state index contributed by atoms with van der Waals surface area (Å²) < 4.78 is 11.9. The Labute approximate surface area is 309 Å². The fraction of sp³-hybridized carbons (Fsp3) is 0.294. The molecule has 4 heterocycles. The summed E-state index contributed by atoms with van der Waals surface area (Å²) in [7, 11) is 0. The molecule has 0 bridgehead atoms. The molecule has 258 valence electrons. The summed E-state index contributed by atoms with van der Waals surface area (Å²) in [6.45, 7) is 8.50. The molecular formula is C34H36N6O6RuS2. The number of pyridine rings is 4. The van der Waals surface area contributed by atoms with Gasteiger partial charge in [-0.3, -0.25) is 19.9 Å². The van der Waals surface area contributed by atoms with Crippen LogP contribution in [0.25, 0.3) is 33.6 Å². The first-order valence-electron chi connectivity index (χ1n) is 14.7. The first-order chi connectivity index (χ1) is 23.0. The second kappa shape index (κ2) is 25.4. The Balaban J connectivity index is 0.000000816. The van der Waals surface area contributed by atoms with Crippen molar-refractivity contribution in [2.45, 2.75) is 65.6 Å². The van der Waals surface area contributed by atoms with E-state index in [9.17, 15) is 9.59 Å². The van der Waals surface area contributed by atoms with Gasteiger partial charge in [0, 0.05) is 36.9 Å². The zero-order valence-corrected chi connectivity index (χ0v) is 30.7. The van der Waals surface area contributed by atoms with E-state index in [0.29, 0.717) is 11.4 Å². The summed E-state index contributed by atoms with van der Waals surface area (Å²) in [5, 5.41) is 34.6. The van der Waals surface area contributed by atoms with Crippen molar-refractivity contribution < 1.29 is 48.8 Å². The van der Waals surface area contributed by atoms with Crippen molar-refractivity contribution in [1.82, 2.24) is 19.9 Å². The van der Waals surface area contributed by atoms with Crippen LogP contribution >= 0.6 is 24.4 Å². The minimum absolute atomic E-state index is 0. The normalized spacial score (nSPS) is 10.5. The SMILES string of the molecule is CCCC(C)Oc1ccnc(-c2cc(OC(C)CCC)ccn2)c1.O=C(O)c1ccnc(-c2cc(C(=O)O)ccn2)c1.[N-]=C=S.[N-]=C=S.[Ru+2]. The van der Waals surface area contributed by atoms with E-state index in [1.165, 1.54) is 47.0 Å². The maximum atomic E-state index is 10.8. The summed E-state index contributed by atoms with van der Waals surface area (Å²) in [5.41, 5.74) is 2.37. The van der Waals surface area contributed by atoms with Gasteiger partial charge < -0.3 is 30.5 Å². The number of carbonyl (C=O) groups is 2. The van der Waals surface area contributed by atoms with Crippen molar-refractivity contribution in [3.63, 3.8) is 0 Å². The summed E-state index contributed by atoms with van der Waals surface area (Å²) in [6.07, 6.45) is 10.9. The van der Waals surface area contributed by atoms with Gasteiger partial charge in [-0.05, 0) is 63.1 Å². The van der Waals surface area contributed by atoms with Crippen LogP contribution in [0.1, 0.15) is 74.1 Å². The second-order valence-electron chi connectivity index (χ2n) is 9.84. The molecule has 0 aliphatic rings. The van der Waals surface area contributed by atoms with Crippen molar-refractivity contribution in [3.05, 3.63) is 95.3 Å². The van der Waals surface area contributed by atoms with Crippen molar-refractivity contribution in [1.29, 1.82) is 0 Å². The van der Waals surface area contributed by atoms with Crippen LogP contribution in [0, 0.1) is 0 Å². The number of rotatable bonds is 12. The molecule has 2 atom stereocenters. The molecule has 12 nitrogen and oxygen atoms in total. The number of carboxylic acids is 2. The quantitative estimate of drug-likeness (QED) is 0.0798. The first-order valence-corrected chi connectivity index (χ1v) is 15.5. The van der Waals surface area contributed by atoms with Crippen LogP contribution in [0.5, 0.6) is 11.5 Å². The smallest absolute Gasteiger partial charge is 0.753 e. The third kappa shape index (κ3) is 17.4. The van der Waals surface area contributed by atoms with Crippen LogP contribution in [0.2, 0.25) is 0 Å². The van der Waals surface area contributed by atoms with Crippen molar-refractivity contribution in [2.75, 3.05) is 0 Å². The molecule has 0 radical (unpaired) electrons. The molecule has 0 fully saturated rings. The van der Waals surface area contributed by atoms with Gasteiger partial charge in [0.1, 0.15) is 11.5 Å². The fourth-order valence-corrected chi connectivity index (χ4v) is 4.05. The Bertz CT molecular complexity index is 1560. The Morgan fingerprint density at radius 3 is 1.24 bits per heavy atom. The summed E-state index contributed by atoms with van der Waals surface area (Å²) in [4.78, 5) is 38.4. The average Bonchev–Trinajstić information content (AvgIpc) is 3.06. The van der Waals surface area contributed by atoms with E-state index in [-0.39, 0.29) is 42.8 Å². The van der Waals surface area contributed by atoms with Gasteiger partial charge in [-0.2, -0.15) is 10.3 Å². The van der Waals surface area contributed by atoms with Gasteiger partial charge >= 0.3 is 31.4 Å². The maximum absolute atomic E-state index is 10.8. The van der Waals surface area contributed by atoms with Crippen molar-refractivity contribution in [2.24, 2.45) is 0 Å². The maximum Gasteiger partial charge on any atom is 2.00 e. The molecule has 4 aromatic rings.